The number of amides is 1. The highest BCUT2D eigenvalue weighted by Gasteiger charge is 2.14. The number of aryl methyl sites for hydroxylation is 1. The molecule has 0 aliphatic rings. The van der Waals surface area contributed by atoms with Gasteiger partial charge >= 0.3 is 0 Å². The van der Waals surface area contributed by atoms with E-state index in [0.717, 1.165) is 5.56 Å². The maximum Gasteiger partial charge on any atom is 0.268 e. The van der Waals surface area contributed by atoms with E-state index in [0.29, 0.717) is 11.3 Å². The van der Waals surface area contributed by atoms with Crippen LogP contribution in [0.5, 0.6) is 0 Å². The number of carbonyl (C=O) groups is 1. The Bertz CT molecular complexity index is 523. The van der Waals surface area contributed by atoms with Crippen LogP contribution in [0, 0.1) is 6.92 Å². The lowest BCUT2D eigenvalue weighted by Crippen LogP contribution is -2.15. The van der Waals surface area contributed by atoms with Crippen molar-refractivity contribution in [3.05, 3.63) is 47.9 Å². The molecule has 0 saturated heterocycles. The molecule has 4 heteroatoms. The number of hydrogen-bond donors (Lipinski definition) is 1. The van der Waals surface area contributed by atoms with Gasteiger partial charge < -0.3 is 5.73 Å². The minimum atomic E-state index is -0.538. The highest BCUT2D eigenvalue weighted by Crippen LogP contribution is 2.23. The summed E-state index contributed by atoms with van der Waals surface area (Å²) in [6.07, 6.45) is 3.24. The van der Waals surface area contributed by atoms with Crippen LogP contribution in [0.1, 0.15) is 16.1 Å². The van der Waals surface area contributed by atoms with Gasteiger partial charge in [0.15, 0.2) is 0 Å². The second-order valence-corrected chi connectivity index (χ2v) is 3.43. The molecule has 2 aromatic heterocycles. The summed E-state index contributed by atoms with van der Waals surface area (Å²) in [6.45, 7) is 1.90. The predicted octanol–water partition coefficient (Wildman–Crippen LogP) is 1.55. The van der Waals surface area contributed by atoms with Gasteiger partial charge in [-0.2, -0.15) is 0 Å². The molecule has 0 spiro atoms. The Morgan fingerprint density at radius 3 is 2.62 bits per heavy atom. The average Bonchev–Trinajstić information content (AvgIpc) is 2.29. The van der Waals surface area contributed by atoms with E-state index < -0.39 is 5.91 Å². The minimum absolute atomic E-state index is 0.263. The van der Waals surface area contributed by atoms with Crippen molar-refractivity contribution in [3.63, 3.8) is 0 Å². The monoisotopic (exact) mass is 213 g/mol. The first kappa shape index (κ1) is 10.3. The van der Waals surface area contributed by atoms with E-state index in [9.17, 15) is 4.79 Å². The zero-order valence-corrected chi connectivity index (χ0v) is 8.84. The van der Waals surface area contributed by atoms with Crippen LogP contribution in [0.3, 0.4) is 0 Å². The summed E-state index contributed by atoms with van der Waals surface area (Å²) in [5.74, 6) is -0.538. The largest absolute Gasteiger partial charge is 0.364 e. The maximum atomic E-state index is 11.3. The topological polar surface area (TPSA) is 68.9 Å². The quantitative estimate of drug-likeness (QED) is 0.822. The van der Waals surface area contributed by atoms with Crippen molar-refractivity contribution in [1.82, 2.24) is 9.97 Å². The molecule has 1 amide bonds. The first-order valence-corrected chi connectivity index (χ1v) is 4.87. The summed E-state index contributed by atoms with van der Waals surface area (Å²) in [6, 6.07) is 7.34. The molecule has 4 nitrogen and oxygen atoms in total. The average molecular weight is 213 g/mol. The van der Waals surface area contributed by atoms with Gasteiger partial charge in [-0.3, -0.25) is 14.8 Å². The van der Waals surface area contributed by atoms with Crippen LogP contribution in [0.15, 0.2) is 36.7 Å². The standard InChI is InChI=1S/C12H11N3O/c1-8-5-7-15-11(12(13)16)10(8)9-4-2-3-6-14-9/h2-7H,1H3,(H2,13,16). The second kappa shape index (κ2) is 4.10. The lowest BCUT2D eigenvalue weighted by atomic mass is 10.0. The van der Waals surface area contributed by atoms with E-state index in [1.165, 1.54) is 0 Å². The molecule has 0 fully saturated rings. The zero-order chi connectivity index (χ0) is 11.5. The molecular formula is C12H11N3O. The predicted molar refractivity (Wildman–Crippen MR) is 60.7 cm³/mol. The van der Waals surface area contributed by atoms with Crippen molar-refractivity contribution >= 4 is 5.91 Å². The summed E-state index contributed by atoms with van der Waals surface area (Å²) in [5.41, 5.74) is 7.90. The Kier molecular flexibility index (Phi) is 2.64. The number of aromatic nitrogens is 2. The van der Waals surface area contributed by atoms with Gasteiger partial charge in [0.2, 0.25) is 0 Å². The van der Waals surface area contributed by atoms with Crippen LogP contribution < -0.4 is 5.73 Å². The van der Waals surface area contributed by atoms with Crippen LogP contribution in [-0.4, -0.2) is 15.9 Å². The Hall–Kier alpha value is -2.23. The highest BCUT2D eigenvalue weighted by atomic mass is 16.1. The molecule has 0 aromatic carbocycles. The van der Waals surface area contributed by atoms with Gasteiger partial charge in [0, 0.05) is 18.0 Å². The molecule has 0 bridgehead atoms. The fourth-order valence-electron chi connectivity index (χ4n) is 1.58. The summed E-state index contributed by atoms with van der Waals surface area (Å²) in [4.78, 5) is 19.5. The normalized spacial score (nSPS) is 10.1. The summed E-state index contributed by atoms with van der Waals surface area (Å²) in [7, 11) is 0. The molecule has 0 aliphatic carbocycles. The highest BCUT2D eigenvalue weighted by molar-refractivity contribution is 5.98. The van der Waals surface area contributed by atoms with Crippen molar-refractivity contribution in [2.75, 3.05) is 0 Å². The molecule has 16 heavy (non-hydrogen) atoms. The number of pyridine rings is 2. The summed E-state index contributed by atoms with van der Waals surface area (Å²) < 4.78 is 0. The van der Waals surface area contributed by atoms with Gasteiger partial charge in [-0.1, -0.05) is 6.07 Å². The SMILES string of the molecule is Cc1ccnc(C(N)=O)c1-c1ccccn1. The zero-order valence-electron chi connectivity index (χ0n) is 8.84. The van der Waals surface area contributed by atoms with E-state index in [4.69, 9.17) is 5.73 Å². The number of primary amides is 1. The summed E-state index contributed by atoms with van der Waals surface area (Å²) in [5, 5.41) is 0. The van der Waals surface area contributed by atoms with E-state index >= 15 is 0 Å². The smallest absolute Gasteiger partial charge is 0.268 e. The van der Waals surface area contributed by atoms with E-state index in [-0.39, 0.29) is 5.69 Å². The first-order valence-electron chi connectivity index (χ1n) is 4.87. The third kappa shape index (κ3) is 1.77. The number of carbonyl (C=O) groups excluding carboxylic acids is 1. The molecule has 2 N–H and O–H groups in total. The second-order valence-electron chi connectivity index (χ2n) is 3.43. The first-order chi connectivity index (χ1) is 7.70. The third-order valence-corrected chi connectivity index (χ3v) is 2.31. The van der Waals surface area contributed by atoms with E-state index in [1.807, 2.05) is 31.2 Å². The Balaban J connectivity index is 2.68. The third-order valence-electron chi connectivity index (χ3n) is 2.31. The van der Waals surface area contributed by atoms with Crippen LogP contribution in [0.4, 0.5) is 0 Å². The summed E-state index contributed by atoms with van der Waals surface area (Å²) >= 11 is 0. The minimum Gasteiger partial charge on any atom is -0.364 e. The lowest BCUT2D eigenvalue weighted by Gasteiger charge is -2.08. The fraction of sp³-hybridized carbons (Fsp3) is 0.0833. The number of rotatable bonds is 2. The molecule has 0 saturated carbocycles. The van der Waals surface area contributed by atoms with Gasteiger partial charge in [-0.05, 0) is 30.7 Å². The van der Waals surface area contributed by atoms with Crippen molar-refractivity contribution in [2.45, 2.75) is 6.92 Å². The number of nitrogens with two attached hydrogens (primary N) is 1. The molecule has 2 heterocycles. The molecule has 2 aromatic rings. The van der Waals surface area contributed by atoms with Crippen LogP contribution >= 0.6 is 0 Å². The lowest BCUT2D eigenvalue weighted by molar-refractivity contribution is 0.0996. The van der Waals surface area contributed by atoms with Gasteiger partial charge in [0.1, 0.15) is 5.69 Å². The fourth-order valence-corrected chi connectivity index (χ4v) is 1.58. The molecular weight excluding hydrogens is 202 g/mol. The van der Waals surface area contributed by atoms with Gasteiger partial charge in [0.25, 0.3) is 5.91 Å². The molecule has 0 radical (unpaired) electrons. The van der Waals surface area contributed by atoms with Crippen LogP contribution in [-0.2, 0) is 0 Å². The Morgan fingerprint density at radius 1 is 1.19 bits per heavy atom. The Morgan fingerprint density at radius 2 is 2.00 bits per heavy atom. The van der Waals surface area contributed by atoms with Crippen LogP contribution in [0.25, 0.3) is 11.3 Å². The molecule has 2 rings (SSSR count). The van der Waals surface area contributed by atoms with Gasteiger partial charge in [-0.25, -0.2) is 0 Å². The maximum absolute atomic E-state index is 11.3. The van der Waals surface area contributed by atoms with Crippen molar-refractivity contribution in [2.24, 2.45) is 5.73 Å². The molecule has 0 atom stereocenters. The van der Waals surface area contributed by atoms with Crippen molar-refractivity contribution in [1.29, 1.82) is 0 Å². The Labute approximate surface area is 93.2 Å². The number of hydrogen-bond acceptors (Lipinski definition) is 3. The van der Waals surface area contributed by atoms with Gasteiger partial charge in [-0.15, -0.1) is 0 Å². The van der Waals surface area contributed by atoms with Crippen LogP contribution in [0.2, 0.25) is 0 Å². The molecule has 0 aliphatic heterocycles. The van der Waals surface area contributed by atoms with E-state index in [1.54, 1.807) is 12.4 Å². The number of nitrogens with zero attached hydrogens (tertiary/aromatic N) is 2. The van der Waals surface area contributed by atoms with Gasteiger partial charge in [0.05, 0.1) is 5.69 Å². The van der Waals surface area contributed by atoms with Crippen molar-refractivity contribution in [3.8, 4) is 11.3 Å². The van der Waals surface area contributed by atoms with Crippen molar-refractivity contribution < 1.29 is 4.79 Å². The molecule has 0 unspecified atom stereocenters. The van der Waals surface area contributed by atoms with E-state index in [2.05, 4.69) is 9.97 Å². The molecule has 80 valence electrons.